The van der Waals surface area contributed by atoms with Gasteiger partial charge in [0.1, 0.15) is 34.3 Å². The number of hydrogen-bond acceptors (Lipinski definition) is 10. The van der Waals surface area contributed by atoms with Gasteiger partial charge in [-0.2, -0.15) is 0 Å². The molecule has 4 aromatic heterocycles. The molecule has 0 fully saturated rings. The van der Waals surface area contributed by atoms with E-state index in [1.165, 1.54) is 54.2 Å². The SMILES string of the molecule is COc1c(Cn2cc(-c3cccc(-c4cn(Cc5c6ccccc6cc6ccccc56)nn4)c3)nn2)cc2ccccc2c1-c1c(OC)c(Cn2cc(-c3cccc(-c4cn(Cc5c6ccccc6cc6ccccc56)nn4)c3)nn2)cc2ccccc12. The average Bonchev–Trinajstić information content (AvgIpc) is 1.49. The van der Waals surface area contributed by atoms with Crippen LogP contribution in [0.3, 0.4) is 0 Å². The van der Waals surface area contributed by atoms with Gasteiger partial charge in [0.05, 0.1) is 65.2 Å². The van der Waals surface area contributed by atoms with E-state index < -0.39 is 0 Å². The lowest BCUT2D eigenvalue weighted by Gasteiger charge is -2.22. The minimum atomic E-state index is 0.384. The maximum atomic E-state index is 6.54. The van der Waals surface area contributed by atoms with Crippen LogP contribution in [0.15, 0.2) is 243 Å². The van der Waals surface area contributed by atoms with Crippen molar-refractivity contribution in [2.75, 3.05) is 14.2 Å². The van der Waals surface area contributed by atoms with E-state index in [0.717, 1.165) is 88.8 Å². The summed E-state index contributed by atoms with van der Waals surface area (Å²) in [5, 5.41) is 51.1. The number of methoxy groups -OCH3 is 2. The number of aromatic nitrogens is 12. The summed E-state index contributed by atoms with van der Waals surface area (Å²) in [5.74, 6) is 1.42. The number of benzene rings is 12. The molecule has 0 saturated heterocycles. The molecule has 0 radical (unpaired) electrons. The lowest BCUT2D eigenvalue weighted by Crippen LogP contribution is -2.07. The van der Waals surface area contributed by atoms with Crippen molar-refractivity contribution in [2.45, 2.75) is 26.2 Å². The smallest absolute Gasteiger partial charge is 0.132 e. The van der Waals surface area contributed by atoms with Gasteiger partial charge in [-0.3, -0.25) is 0 Å². The van der Waals surface area contributed by atoms with Crippen molar-refractivity contribution in [1.82, 2.24) is 60.0 Å². The van der Waals surface area contributed by atoms with Crippen molar-refractivity contribution in [2.24, 2.45) is 0 Å². The van der Waals surface area contributed by atoms with Crippen molar-refractivity contribution >= 4 is 64.6 Å². The van der Waals surface area contributed by atoms with E-state index >= 15 is 0 Å². The van der Waals surface area contributed by atoms with Gasteiger partial charge in [0.2, 0.25) is 0 Å². The minimum Gasteiger partial charge on any atom is -0.496 e. The monoisotopic (exact) mass is 1140 g/mol. The minimum absolute atomic E-state index is 0.384. The van der Waals surface area contributed by atoms with Crippen molar-refractivity contribution in [3.8, 4) is 67.7 Å². The third-order valence-corrected chi connectivity index (χ3v) is 16.9. The highest BCUT2D eigenvalue weighted by molar-refractivity contribution is 6.11. The van der Waals surface area contributed by atoms with Crippen LogP contribution in [0.5, 0.6) is 11.5 Å². The predicted molar refractivity (Wildman–Crippen MR) is 348 cm³/mol. The highest BCUT2D eigenvalue weighted by Crippen LogP contribution is 2.49. The Balaban J connectivity index is 0.686. The standard InChI is InChI=1S/C74H54N12O2/c1-87-73-57(39-83-43-67(75-79-83)53-23-15-25-55(37-53)69-45-85(81-77-69)41-65-59-27-9-3-17-47(59)33-48-18-4-10-28-60(48)65)35-51-21-7-13-31-63(51)71(73)72-64-32-14-8-22-52(64)36-58(74(72)88-2)40-84-44-68(76-80-84)54-24-16-26-56(38-54)70-46-86(82-78-70)42-66-61-29-11-5-19-49(61)34-50-20-6-12-30-62(50)66/h3-38,43-46H,39-42H2,1-2H3. The lowest BCUT2D eigenvalue weighted by molar-refractivity contribution is 0.403. The number of ether oxygens (including phenoxy) is 2. The Morgan fingerprint density at radius 2 is 0.557 bits per heavy atom. The molecule has 0 unspecified atom stereocenters. The first kappa shape index (κ1) is 52.0. The number of nitrogens with zero attached hydrogens (tertiary/aromatic N) is 12. The molecule has 14 heteroatoms. The number of fused-ring (bicyclic) bond motifs is 6. The van der Waals surface area contributed by atoms with Gasteiger partial charge in [-0.25, -0.2) is 18.7 Å². The quantitative estimate of drug-likeness (QED) is 0.0911. The molecule has 0 amide bonds. The van der Waals surface area contributed by atoms with Crippen LogP contribution >= 0.6 is 0 Å². The first-order chi connectivity index (χ1) is 43.5. The van der Waals surface area contributed by atoms with Crippen molar-refractivity contribution in [1.29, 1.82) is 0 Å². The van der Waals surface area contributed by atoms with Gasteiger partial charge in [0, 0.05) is 44.5 Å². The summed E-state index contributed by atoms with van der Waals surface area (Å²) in [6.45, 7) is 1.93. The summed E-state index contributed by atoms with van der Waals surface area (Å²) < 4.78 is 20.7. The van der Waals surface area contributed by atoms with E-state index in [0.29, 0.717) is 37.7 Å². The first-order valence-corrected chi connectivity index (χ1v) is 29.3. The first-order valence-electron chi connectivity index (χ1n) is 29.3. The Bertz CT molecular complexity index is 4930. The van der Waals surface area contributed by atoms with Crippen LogP contribution in [0.4, 0.5) is 0 Å². The molecule has 0 atom stereocenters. The normalized spacial score (nSPS) is 11.7. The van der Waals surface area contributed by atoms with Crippen LogP contribution in [-0.2, 0) is 26.2 Å². The molecule has 0 aliphatic carbocycles. The van der Waals surface area contributed by atoms with E-state index in [1.807, 2.05) is 67.8 Å². The molecule has 16 rings (SSSR count). The van der Waals surface area contributed by atoms with Gasteiger partial charge in [-0.1, -0.05) is 203 Å². The summed E-state index contributed by atoms with van der Waals surface area (Å²) in [7, 11) is 3.46. The molecule has 14 nitrogen and oxygen atoms in total. The molecule has 0 aliphatic heterocycles. The zero-order valence-electron chi connectivity index (χ0n) is 48.1. The second-order valence-electron chi connectivity index (χ2n) is 22.3. The molecule has 0 spiro atoms. The van der Waals surface area contributed by atoms with Crippen LogP contribution in [0, 0.1) is 0 Å². The van der Waals surface area contributed by atoms with Gasteiger partial charge in [-0.15, -0.1) is 20.4 Å². The van der Waals surface area contributed by atoms with Crippen LogP contribution < -0.4 is 9.47 Å². The zero-order chi connectivity index (χ0) is 58.7. The predicted octanol–water partition coefficient (Wildman–Crippen LogP) is 15.5. The van der Waals surface area contributed by atoms with Crippen molar-refractivity contribution in [3.05, 3.63) is 265 Å². The van der Waals surface area contributed by atoms with Crippen LogP contribution in [-0.4, -0.2) is 74.2 Å². The molecule has 422 valence electrons. The molecule has 0 bridgehead atoms. The average molecular weight is 1140 g/mol. The molecule has 4 heterocycles. The fraction of sp³-hybridized carbons (Fsp3) is 0.0811. The highest BCUT2D eigenvalue weighted by Gasteiger charge is 2.25. The molecule has 16 aromatic rings. The van der Waals surface area contributed by atoms with Gasteiger partial charge < -0.3 is 9.47 Å². The van der Waals surface area contributed by atoms with Gasteiger partial charge in [0.25, 0.3) is 0 Å². The van der Waals surface area contributed by atoms with Crippen molar-refractivity contribution < 1.29 is 9.47 Å². The van der Waals surface area contributed by atoms with E-state index in [1.54, 1.807) is 14.2 Å². The van der Waals surface area contributed by atoms with Crippen LogP contribution in [0.25, 0.3) is 121 Å². The van der Waals surface area contributed by atoms with Crippen molar-refractivity contribution in [3.63, 3.8) is 0 Å². The van der Waals surface area contributed by atoms with E-state index in [2.05, 4.69) is 215 Å². The Morgan fingerprint density at radius 1 is 0.284 bits per heavy atom. The Hall–Kier alpha value is -11.6. The van der Waals surface area contributed by atoms with Gasteiger partial charge >= 0.3 is 0 Å². The highest BCUT2D eigenvalue weighted by atomic mass is 16.5. The molecule has 88 heavy (non-hydrogen) atoms. The molecule has 12 aromatic carbocycles. The van der Waals surface area contributed by atoms with E-state index in [9.17, 15) is 0 Å². The Morgan fingerprint density at radius 3 is 0.864 bits per heavy atom. The van der Waals surface area contributed by atoms with E-state index in [-0.39, 0.29) is 0 Å². The fourth-order valence-electron chi connectivity index (χ4n) is 12.9. The summed E-state index contributed by atoms with van der Waals surface area (Å²) >= 11 is 0. The third kappa shape index (κ3) is 9.40. The summed E-state index contributed by atoms with van der Waals surface area (Å²) in [6, 6.07) is 76.3. The van der Waals surface area contributed by atoms with Crippen LogP contribution in [0.1, 0.15) is 22.3 Å². The molecular weight excluding hydrogens is 1090 g/mol. The molecule has 0 N–H and O–H groups in total. The second kappa shape index (κ2) is 21.8. The molecule has 0 saturated carbocycles. The summed E-state index contributed by atoms with van der Waals surface area (Å²) in [5.41, 5.74) is 12.8. The Kier molecular flexibility index (Phi) is 12.9. The second-order valence-corrected chi connectivity index (χ2v) is 22.3. The lowest BCUT2D eigenvalue weighted by atomic mass is 9.88. The Labute approximate surface area is 505 Å². The molecular formula is C74H54N12O2. The zero-order valence-corrected chi connectivity index (χ0v) is 48.1. The maximum Gasteiger partial charge on any atom is 0.132 e. The number of hydrogen-bond donors (Lipinski definition) is 0. The maximum absolute atomic E-state index is 6.54. The van der Waals surface area contributed by atoms with Gasteiger partial charge in [-0.05, 0) is 112 Å². The summed E-state index contributed by atoms with van der Waals surface area (Å²) in [6.07, 6.45) is 7.99. The van der Waals surface area contributed by atoms with E-state index in [4.69, 9.17) is 30.1 Å². The third-order valence-electron chi connectivity index (χ3n) is 16.9. The summed E-state index contributed by atoms with van der Waals surface area (Å²) in [4.78, 5) is 0. The topological polar surface area (TPSA) is 141 Å². The van der Waals surface area contributed by atoms with Crippen LogP contribution in [0.2, 0.25) is 0 Å². The van der Waals surface area contributed by atoms with Gasteiger partial charge in [0.15, 0.2) is 0 Å². The molecule has 0 aliphatic rings. The largest absolute Gasteiger partial charge is 0.496 e. The number of rotatable bonds is 15. The fourth-order valence-corrected chi connectivity index (χ4v) is 12.9.